The number of nitrogens with zero attached hydrogens (tertiary/aromatic N) is 3. The van der Waals surface area contributed by atoms with Crippen molar-refractivity contribution in [3.63, 3.8) is 0 Å². The maximum Gasteiger partial charge on any atom is 0.149 e. The quantitative estimate of drug-likeness (QED) is 0.869. The van der Waals surface area contributed by atoms with Gasteiger partial charge >= 0.3 is 0 Å². The van der Waals surface area contributed by atoms with Crippen LogP contribution in [0, 0.1) is 5.92 Å². The molecular weight excluding hydrogens is 212 g/mol. The molecule has 2 rings (SSSR count). The lowest BCUT2D eigenvalue weighted by Crippen LogP contribution is -2.34. The summed E-state index contributed by atoms with van der Waals surface area (Å²) in [6.45, 7) is 7.62. The van der Waals surface area contributed by atoms with Crippen molar-refractivity contribution in [3.05, 3.63) is 12.4 Å². The van der Waals surface area contributed by atoms with Crippen molar-refractivity contribution in [1.29, 1.82) is 0 Å². The third-order valence-corrected chi connectivity index (χ3v) is 3.16. The van der Waals surface area contributed by atoms with E-state index >= 15 is 0 Å². The average Bonchev–Trinajstić information content (AvgIpc) is 2.37. The molecule has 0 spiro atoms. The summed E-state index contributed by atoms with van der Waals surface area (Å²) in [5, 5.41) is 3.28. The van der Waals surface area contributed by atoms with Crippen LogP contribution in [0.1, 0.15) is 33.1 Å². The summed E-state index contributed by atoms with van der Waals surface area (Å²) in [6.07, 6.45) is 7.36. The van der Waals surface area contributed by atoms with E-state index in [2.05, 4.69) is 34.0 Å². The average molecular weight is 234 g/mol. The maximum atomic E-state index is 4.62. The SMILES string of the molecule is CCCNc1cncc(N2CCCC(C)C2)n1. The third-order valence-electron chi connectivity index (χ3n) is 3.16. The molecule has 2 heterocycles. The molecule has 17 heavy (non-hydrogen) atoms. The lowest BCUT2D eigenvalue weighted by molar-refractivity contribution is 0.444. The molecule has 1 atom stereocenters. The summed E-state index contributed by atoms with van der Waals surface area (Å²) in [7, 11) is 0. The first-order valence-corrected chi connectivity index (χ1v) is 6.60. The molecule has 1 aromatic rings. The Bertz CT molecular complexity index is 353. The Morgan fingerprint density at radius 3 is 3.12 bits per heavy atom. The van der Waals surface area contributed by atoms with E-state index in [1.807, 2.05) is 6.20 Å². The predicted octanol–water partition coefficient (Wildman–Crippen LogP) is 2.53. The van der Waals surface area contributed by atoms with Gasteiger partial charge in [-0.15, -0.1) is 0 Å². The molecule has 1 aromatic heterocycles. The molecule has 1 aliphatic rings. The molecular formula is C13H22N4. The fourth-order valence-corrected chi connectivity index (χ4v) is 2.24. The highest BCUT2D eigenvalue weighted by Crippen LogP contribution is 2.21. The second-order valence-electron chi connectivity index (χ2n) is 4.88. The Kier molecular flexibility index (Phi) is 4.18. The van der Waals surface area contributed by atoms with Crippen molar-refractivity contribution >= 4 is 11.6 Å². The van der Waals surface area contributed by atoms with Crippen LogP contribution in [0.25, 0.3) is 0 Å². The highest BCUT2D eigenvalue weighted by molar-refractivity contribution is 5.44. The minimum absolute atomic E-state index is 0.762. The van der Waals surface area contributed by atoms with Gasteiger partial charge in [-0.05, 0) is 25.2 Å². The van der Waals surface area contributed by atoms with Gasteiger partial charge < -0.3 is 10.2 Å². The van der Waals surface area contributed by atoms with Crippen molar-refractivity contribution < 1.29 is 0 Å². The molecule has 1 saturated heterocycles. The van der Waals surface area contributed by atoms with Crippen LogP contribution in [0.3, 0.4) is 0 Å². The Balaban J connectivity index is 2.04. The topological polar surface area (TPSA) is 41.1 Å². The number of hydrogen-bond acceptors (Lipinski definition) is 4. The summed E-state index contributed by atoms with van der Waals surface area (Å²) < 4.78 is 0. The fourth-order valence-electron chi connectivity index (χ4n) is 2.24. The van der Waals surface area contributed by atoms with Gasteiger partial charge in [-0.2, -0.15) is 0 Å². The van der Waals surface area contributed by atoms with E-state index in [1.165, 1.54) is 12.8 Å². The zero-order valence-corrected chi connectivity index (χ0v) is 10.8. The minimum atomic E-state index is 0.762. The lowest BCUT2D eigenvalue weighted by atomic mass is 10.0. The molecule has 1 unspecified atom stereocenters. The van der Waals surface area contributed by atoms with Crippen LogP contribution in [0.5, 0.6) is 0 Å². The van der Waals surface area contributed by atoms with E-state index in [1.54, 1.807) is 6.20 Å². The summed E-state index contributed by atoms with van der Waals surface area (Å²) in [6, 6.07) is 0. The Labute approximate surface area is 103 Å². The standard InChI is InChI=1S/C13H22N4/c1-3-6-15-12-8-14-9-13(16-12)17-7-4-5-11(2)10-17/h8-9,11H,3-7,10H2,1-2H3,(H,15,16). The van der Waals surface area contributed by atoms with Crippen LogP contribution in [-0.4, -0.2) is 29.6 Å². The van der Waals surface area contributed by atoms with Gasteiger partial charge in [-0.25, -0.2) is 4.98 Å². The van der Waals surface area contributed by atoms with Crippen molar-refractivity contribution in [2.45, 2.75) is 33.1 Å². The van der Waals surface area contributed by atoms with Crippen molar-refractivity contribution in [1.82, 2.24) is 9.97 Å². The molecule has 0 radical (unpaired) electrons. The summed E-state index contributed by atoms with van der Waals surface area (Å²) >= 11 is 0. The van der Waals surface area contributed by atoms with Crippen LogP contribution >= 0.6 is 0 Å². The van der Waals surface area contributed by atoms with Gasteiger partial charge in [-0.1, -0.05) is 13.8 Å². The molecule has 1 fully saturated rings. The van der Waals surface area contributed by atoms with Crippen LogP contribution in [0.15, 0.2) is 12.4 Å². The fraction of sp³-hybridized carbons (Fsp3) is 0.692. The van der Waals surface area contributed by atoms with E-state index in [0.29, 0.717) is 0 Å². The number of rotatable bonds is 4. The second-order valence-corrected chi connectivity index (χ2v) is 4.88. The van der Waals surface area contributed by atoms with Gasteiger partial charge in [0, 0.05) is 19.6 Å². The molecule has 4 heteroatoms. The van der Waals surface area contributed by atoms with E-state index in [-0.39, 0.29) is 0 Å². The molecule has 0 aromatic carbocycles. The number of hydrogen-bond donors (Lipinski definition) is 1. The molecule has 4 nitrogen and oxygen atoms in total. The molecule has 1 aliphatic heterocycles. The van der Waals surface area contributed by atoms with Crippen molar-refractivity contribution in [2.75, 3.05) is 29.9 Å². The van der Waals surface area contributed by atoms with Gasteiger partial charge in [0.25, 0.3) is 0 Å². The third kappa shape index (κ3) is 3.32. The largest absolute Gasteiger partial charge is 0.369 e. The number of nitrogens with one attached hydrogen (secondary N) is 1. The Hall–Kier alpha value is -1.32. The molecule has 0 saturated carbocycles. The first kappa shape index (κ1) is 12.1. The highest BCUT2D eigenvalue weighted by atomic mass is 15.2. The van der Waals surface area contributed by atoms with Crippen LogP contribution in [0.2, 0.25) is 0 Å². The van der Waals surface area contributed by atoms with Crippen LogP contribution in [-0.2, 0) is 0 Å². The second kappa shape index (κ2) is 5.84. The first-order chi connectivity index (χ1) is 8.29. The van der Waals surface area contributed by atoms with Crippen LogP contribution in [0.4, 0.5) is 11.6 Å². The summed E-state index contributed by atoms with van der Waals surface area (Å²) in [4.78, 5) is 11.2. The van der Waals surface area contributed by atoms with Crippen molar-refractivity contribution in [3.8, 4) is 0 Å². The lowest BCUT2D eigenvalue weighted by Gasteiger charge is -2.31. The maximum absolute atomic E-state index is 4.62. The normalized spacial score (nSPS) is 20.4. The number of piperidine rings is 1. The number of anilines is 2. The summed E-state index contributed by atoms with van der Waals surface area (Å²) in [5.41, 5.74) is 0. The monoisotopic (exact) mass is 234 g/mol. The zero-order chi connectivity index (χ0) is 12.1. The van der Waals surface area contributed by atoms with Gasteiger partial charge in [0.1, 0.15) is 11.6 Å². The predicted molar refractivity (Wildman–Crippen MR) is 71.4 cm³/mol. The smallest absolute Gasteiger partial charge is 0.149 e. The van der Waals surface area contributed by atoms with Crippen LogP contribution < -0.4 is 10.2 Å². The molecule has 1 N–H and O–H groups in total. The van der Waals surface area contributed by atoms with E-state index in [9.17, 15) is 0 Å². The van der Waals surface area contributed by atoms with E-state index < -0.39 is 0 Å². The Morgan fingerprint density at radius 1 is 1.47 bits per heavy atom. The van der Waals surface area contributed by atoms with Gasteiger partial charge in [-0.3, -0.25) is 4.98 Å². The van der Waals surface area contributed by atoms with Gasteiger partial charge in [0.2, 0.25) is 0 Å². The number of aromatic nitrogens is 2. The zero-order valence-electron chi connectivity index (χ0n) is 10.8. The van der Waals surface area contributed by atoms with Crippen molar-refractivity contribution in [2.24, 2.45) is 5.92 Å². The summed E-state index contributed by atoms with van der Waals surface area (Å²) in [5.74, 6) is 2.66. The Morgan fingerprint density at radius 2 is 2.35 bits per heavy atom. The highest BCUT2D eigenvalue weighted by Gasteiger charge is 2.17. The molecule has 0 bridgehead atoms. The molecule has 94 valence electrons. The van der Waals surface area contributed by atoms with E-state index in [0.717, 1.165) is 43.6 Å². The van der Waals surface area contributed by atoms with Gasteiger partial charge in [0.15, 0.2) is 0 Å². The first-order valence-electron chi connectivity index (χ1n) is 6.60. The minimum Gasteiger partial charge on any atom is -0.369 e. The van der Waals surface area contributed by atoms with E-state index in [4.69, 9.17) is 0 Å². The molecule has 0 aliphatic carbocycles. The van der Waals surface area contributed by atoms with Gasteiger partial charge in [0.05, 0.1) is 12.4 Å². The molecule has 0 amide bonds.